The number of allylic oxidation sites excluding steroid dienone is 1. The molecule has 12 nitrogen and oxygen atoms in total. The van der Waals surface area contributed by atoms with Crippen molar-refractivity contribution in [1.29, 1.82) is 0 Å². The fourth-order valence-corrected chi connectivity index (χ4v) is 8.16. The maximum atomic E-state index is 14.8. The molecule has 3 amide bonds. The van der Waals surface area contributed by atoms with E-state index < -0.39 is 47.7 Å². The third-order valence-electron chi connectivity index (χ3n) is 11.0. The topological polar surface area (TPSA) is 138 Å². The van der Waals surface area contributed by atoms with E-state index in [1.54, 1.807) is 22.0 Å². The molecule has 1 aromatic rings. The Morgan fingerprint density at radius 1 is 1.18 bits per heavy atom. The highest BCUT2D eigenvalue weighted by molar-refractivity contribution is 5.98. The van der Waals surface area contributed by atoms with E-state index in [0.29, 0.717) is 57.6 Å². The molecule has 0 saturated carbocycles. The Kier molecular flexibility index (Phi) is 12.9. The minimum absolute atomic E-state index is 0.0568. The second kappa shape index (κ2) is 17.1. The molecule has 0 aromatic heterocycles. The number of hydrogen-bond donors (Lipinski definition) is 2. The standard InChI is InChI=1S/C38H54N4O8/c1-5-8-14-31(44)39-24-30(27-12-10-9-11-13-27)49-37(47)32-29-15-16-38(50-29)33(32)35(45)42(28(25-43)26(4)7-3)34(38)36(46)41(17-6-2)19-18-40-20-22-48-23-21-40/h5-6,9-13,26,28-30,32-34,43H,1-2,7-8,14-25H2,3-4H3,(H,39,44)/t26-,28-,29+,30-,32-,33-,34+,38-/m0/s1. The van der Waals surface area contributed by atoms with E-state index in [2.05, 4.69) is 23.4 Å². The number of likely N-dealkylation sites (tertiary alicyclic amines) is 1. The van der Waals surface area contributed by atoms with Gasteiger partial charge in [-0.25, -0.2) is 0 Å². The van der Waals surface area contributed by atoms with Gasteiger partial charge >= 0.3 is 5.97 Å². The molecule has 4 aliphatic rings. The van der Waals surface area contributed by atoms with Gasteiger partial charge in [0.15, 0.2) is 0 Å². The molecule has 0 aliphatic carbocycles. The van der Waals surface area contributed by atoms with E-state index in [1.807, 2.05) is 44.2 Å². The number of carbonyl (C=O) groups excluding carboxylic acids is 4. The molecule has 2 N–H and O–H groups in total. The zero-order valence-corrected chi connectivity index (χ0v) is 29.5. The molecule has 4 saturated heterocycles. The van der Waals surface area contributed by atoms with Crippen LogP contribution in [0.5, 0.6) is 0 Å². The number of aliphatic hydroxyl groups is 1. The zero-order chi connectivity index (χ0) is 35.8. The van der Waals surface area contributed by atoms with Crippen molar-refractivity contribution < 1.29 is 38.5 Å². The van der Waals surface area contributed by atoms with Crippen LogP contribution in [0, 0.1) is 17.8 Å². The summed E-state index contributed by atoms with van der Waals surface area (Å²) >= 11 is 0. The third kappa shape index (κ3) is 7.68. The minimum Gasteiger partial charge on any atom is -0.455 e. The van der Waals surface area contributed by atoms with Crippen LogP contribution in [0.25, 0.3) is 0 Å². The van der Waals surface area contributed by atoms with Gasteiger partial charge in [0.05, 0.1) is 50.3 Å². The minimum atomic E-state index is -1.25. The lowest BCUT2D eigenvalue weighted by atomic mass is 9.70. The summed E-state index contributed by atoms with van der Waals surface area (Å²) in [4.78, 5) is 61.8. The van der Waals surface area contributed by atoms with Gasteiger partial charge in [0.2, 0.25) is 17.7 Å². The fraction of sp³-hybridized carbons (Fsp3) is 0.632. The van der Waals surface area contributed by atoms with Crippen LogP contribution >= 0.6 is 0 Å². The summed E-state index contributed by atoms with van der Waals surface area (Å²) in [6.07, 6.45) is 4.31. The highest BCUT2D eigenvalue weighted by Crippen LogP contribution is 2.59. The summed E-state index contributed by atoms with van der Waals surface area (Å²) in [7, 11) is 0. The van der Waals surface area contributed by atoms with Crippen LogP contribution in [0.3, 0.4) is 0 Å². The molecule has 274 valence electrons. The van der Waals surface area contributed by atoms with Gasteiger partial charge < -0.3 is 34.4 Å². The molecular formula is C38H54N4O8. The average molecular weight is 695 g/mol. The summed E-state index contributed by atoms with van der Waals surface area (Å²) in [5.41, 5.74) is -0.545. The van der Waals surface area contributed by atoms with Crippen molar-refractivity contribution in [3.63, 3.8) is 0 Å². The van der Waals surface area contributed by atoms with Gasteiger partial charge in [-0.05, 0) is 30.7 Å². The number of carbonyl (C=O) groups is 4. The first-order chi connectivity index (χ1) is 24.2. The first-order valence-corrected chi connectivity index (χ1v) is 18.1. The first-order valence-electron chi connectivity index (χ1n) is 18.1. The fourth-order valence-electron chi connectivity index (χ4n) is 8.16. The Morgan fingerprint density at radius 3 is 2.58 bits per heavy atom. The molecule has 0 radical (unpaired) electrons. The van der Waals surface area contributed by atoms with E-state index in [9.17, 15) is 24.3 Å². The summed E-state index contributed by atoms with van der Waals surface area (Å²) in [5.74, 6) is -3.45. The lowest BCUT2D eigenvalue weighted by Crippen LogP contribution is -2.60. The quantitative estimate of drug-likeness (QED) is 0.175. The Bertz CT molecular complexity index is 1370. The number of nitrogens with one attached hydrogen (secondary N) is 1. The van der Waals surface area contributed by atoms with Gasteiger partial charge in [-0.1, -0.05) is 62.8 Å². The first kappa shape index (κ1) is 37.7. The highest BCUT2D eigenvalue weighted by atomic mass is 16.6. The van der Waals surface area contributed by atoms with Crippen molar-refractivity contribution >= 4 is 23.7 Å². The molecule has 8 atom stereocenters. The van der Waals surface area contributed by atoms with Crippen molar-refractivity contribution in [2.45, 2.75) is 75.8 Å². The van der Waals surface area contributed by atoms with Crippen LogP contribution in [-0.2, 0) is 33.4 Å². The molecule has 1 spiro atoms. The predicted octanol–water partition coefficient (Wildman–Crippen LogP) is 2.48. The van der Waals surface area contributed by atoms with Crippen molar-refractivity contribution in [2.75, 3.05) is 59.1 Å². The zero-order valence-electron chi connectivity index (χ0n) is 29.5. The largest absolute Gasteiger partial charge is 0.455 e. The average Bonchev–Trinajstić information content (AvgIpc) is 3.79. The number of amides is 3. The van der Waals surface area contributed by atoms with Gasteiger partial charge in [-0.2, -0.15) is 0 Å². The molecule has 2 bridgehead atoms. The van der Waals surface area contributed by atoms with Crippen LogP contribution in [0.1, 0.15) is 57.6 Å². The van der Waals surface area contributed by atoms with E-state index in [1.165, 1.54) is 0 Å². The molecule has 0 unspecified atom stereocenters. The maximum absolute atomic E-state index is 14.8. The van der Waals surface area contributed by atoms with Crippen LogP contribution in [0.2, 0.25) is 0 Å². The number of benzene rings is 1. The lowest BCUT2D eigenvalue weighted by Gasteiger charge is -2.41. The Balaban J connectivity index is 1.44. The van der Waals surface area contributed by atoms with Gasteiger partial charge in [-0.3, -0.25) is 24.1 Å². The van der Waals surface area contributed by atoms with E-state index in [4.69, 9.17) is 14.2 Å². The van der Waals surface area contributed by atoms with E-state index >= 15 is 0 Å². The molecule has 4 heterocycles. The monoisotopic (exact) mass is 694 g/mol. The van der Waals surface area contributed by atoms with E-state index in [-0.39, 0.29) is 49.8 Å². The number of morpholine rings is 1. The summed E-state index contributed by atoms with van der Waals surface area (Å²) < 4.78 is 18.3. The van der Waals surface area contributed by atoms with Crippen molar-refractivity contribution in [2.24, 2.45) is 17.8 Å². The molecule has 12 heteroatoms. The second-order valence-electron chi connectivity index (χ2n) is 13.9. The van der Waals surface area contributed by atoms with Crippen LogP contribution < -0.4 is 5.32 Å². The summed E-state index contributed by atoms with van der Waals surface area (Å²) in [6, 6.07) is 7.50. The lowest BCUT2D eigenvalue weighted by molar-refractivity contribution is -0.161. The molecule has 4 aliphatic heterocycles. The summed E-state index contributed by atoms with van der Waals surface area (Å²) in [5, 5.41) is 13.6. The van der Waals surface area contributed by atoms with Gasteiger partial charge in [0, 0.05) is 39.1 Å². The Morgan fingerprint density at radius 2 is 1.92 bits per heavy atom. The molecule has 5 rings (SSSR count). The normalized spacial score (nSPS) is 27.7. The highest BCUT2D eigenvalue weighted by Gasteiger charge is 2.76. The van der Waals surface area contributed by atoms with Crippen molar-refractivity contribution in [3.05, 3.63) is 61.2 Å². The predicted molar refractivity (Wildman–Crippen MR) is 187 cm³/mol. The van der Waals surface area contributed by atoms with Crippen molar-refractivity contribution in [3.8, 4) is 0 Å². The van der Waals surface area contributed by atoms with Gasteiger partial charge in [-0.15, -0.1) is 13.2 Å². The van der Waals surface area contributed by atoms with Crippen LogP contribution in [0.15, 0.2) is 55.6 Å². The number of rotatable bonds is 18. The molecule has 1 aromatic carbocycles. The number of ether oxygens (including phenoxy) is 3. The maximum Gasteiger partial charge on any atom is 0.313 e. The van der Waals surface area contributed by atoms with Crippen molar-refractivity contribution in [1.82, 2.24) is 20.0 Å². The Labute approximate surface area is 295 Å². The summed E-state index contributed by atoms with van der Waals surface area (Å²) in [6.45, 7) is 15.4. The van der Waals surface area contributed by atoms with Crippen LogP contribution in [0.4, 0.5) is 0 Å². The third-order valence-corrected chi connectivity index (χ3v) is 11.0. The number of fused-ring (bicyclic) bond motifs is 1. The number of esters is 1. The van der Waals surface area contributed by atoms with Crippen LogP contribution in [-0.4, -0.2) is 126 Å². The number of aliphatic hydroxyl groups excluding tert-OH is 1. The number of nitrogens with zero attached hydrogens (tertiary/aromatic N) is 3. The van der Waals surface area contributed by atoms with Gasteiger partial charge in [0.1, 0.15) is 17.7 Å². The second-order valence-corrected chi connectivity index (χ2v) is 13.9. The SMILES string of the molecule is C=CCCC(=O)NC[C@H](OC(=O)[C@@H]1[C@H]2C(=O)N([C@@H](CO)[C@@H](C)CC)[C@H](C(=O)N(CC=C)CCN3CCOCC3)[C@]23CC[C@H]1O3)c1ccccc1. The van der Waals surface area contributed by atoms with E-state index in [0.717, 1.165) is 13.1 Å². The van der Waals surface area contributed by atoms with Gasteiger partial charge in [0.25, 0.3) is 0 Å². The molecular weight excluding hydrogens is 640 g/mol. The Hall–Kier alpha value is -3.58. The number of hydrogen-bond acceptors (Lipinski definition) is 9. The smallest absolute Gasteiger partial charge is 0.313 e. The molecule has 4 fully saturated rings. The molecule has 50 heavy (non-hydrogen) atoms.